The van der Waals surface area contributed by atoms with Crippen molar-refractivity contribution >= 4 is 15.9 Å². The zero-order valence-corrected chi connectivity index (χ0v) is 14.6. The van der Waals surface area contributed by atoms with Crippen molar-refractivity contribution in [1.82, 2.24) is 5.32 Å². The Labute approximate surface area is 138 Å². The quantitative estimate of drug-likeness (QED) is 0.684. The minimum Gasteiger partial charge on any atom is -0.314 e. The first-order valence-electron chi connectivity index (χ1n) is 8.79. The molecule has 2 heteroatoms. The zero-order valence-electron chi connectivity index (χ0n) is 13.0. The van der Waals surface area contributed by atoms with E-state index in [1.54, 1.807) is 0 Å². The van der Waals surface area contributed by atoms with Crippen LogP contribution < -0.4 is 5.32 Å². The van der Waals surface area contributed by atoms with Gasteiger partial charge in [-0.05, 0) is 55.3 Å². The molecule has 2 aliphatic rings. The van der Waals surface area contributed by atoms with Crippen molar-refractivity contribution < 1.29 is 0 Å². The summed E-state index contributed by atoms with van der Waals surface area (Å²) in [5.41, 5.74) is 1.50. The molecule has 0 radical (unpaired) electrons. The molecule has 1 aromatic carbocycles. The van der Waals surface area contributed by atoms with Gasteiger partial charge in [0.25, 0.3) is 0 Å². The van der Waals surface area contributed by atoms with Gasteiger partial charge in [-0.25, -0.2) is 0 Å². The van der Waals surface area contributed by atoms with Crippen molar-refractivity contribution in [2.75, 3.05) is 6.54 Å². The summed E-state index contributed by atoms with van der Waals surface area (Å²) in [6.45, 7) is 1.22. The first kappa shape index (κ1) is 15.6. The zero-order chi connectivity index (χ0) is 14.5. The average molecular weight is 350 g/mol. The number of nitrogens with one attached hydrogen (secondary N) is 1. The summed E-state index contributed by atoms with van der Waals surface area (Å²) in [7, 11) is 0. The van der Waals surface area contributed by atoms with E-state index < -0.39 is 0 Å². The van der Waals surface area contributed by atoms with Crippen molar-refractivity contribution in [3.05, 3.63) is 34.3 Å². The molecule has 3 rings (SSSR count). The van der Waals surface area contributed by atoms with E-state index in [1.807, 2.05) is 0 Å². The molecule has 0 aromatic heterocycles. The van der Waals surface area contributed by atoms with E-state index >= 15 is 0 Å². The predicted octanol–water partition coefficient (Wildman–Crippen LogP) is 5.33. The lowest BCUT2D eigenvalue weighted by Gasteiger charge is -2.27. The second-order valence-electron chi connectivity index (χ2n) is 7.03. The Morgan fingerprint density at radius 3 is 2.48 bits per heavy atom. The molecule has 1 aromatic rings. The summed E-state index contributed by atoms with van der Waals surface area (Å²) in [4.78, 5) is 0. The van der Waals surface area contributed by atoms with E-state index in [9.17, 15) is 0 Å². The predicted molar refractivity (Wildman–Crippen MR) is 93.6 cm³/mol. The molecule has 0 saturated heterocycles. The molecule has 1 unspecified atom stereocenters. The first-order valence-corrected chi connectivity index (χ1v) is 9.58. The Morgan fingerprint density at radius 1 is 1.05 bits per heavy atom. The number of benzene rings is 1. The lowest BCUT2D eigenvalue weighted by Crippen LogP contribution is -2.31. The Morgan fingerprint density at radius 2 is 1.81 bits per heavy atom. The van der Waals surface area contributed by atoms with E-state index in [0.29, 0.717) is 0 Å². The topological polar surface area (TPSA) is 12.0 Å². The van der Waals surface area contributed by atoms with Gasteiger partial charge in [-0.1, -0.05) is 66.6 Å². The van der Waals surface area contributed by atoms with Gasteiger partial charge >= 0.3 is 0 Å². The Kier molecular flexibility index (Phi) is 5.76. The highest BCUT2D eigenvalue weighted by molar-refractivity contribution is 9.10. The summed E-state index contributed by atoms with van der Waals surface area (Å²) < 4.78 is 1.22. The molecule has 0 bridgehead atoms. The Balaban J connectivity index is 1.64. The maximum Gasteiger partial charge on any atom is 0.0177 e. The summed E-state index contributed by atoms with van der Waals surface area (Å²) in [6, 6.07) is 9.75. The molecule has 0 amide bonds. The van der Waals surface area contributed by atoms with Crippen LogP contribution in [-0.2, 0) is 6.42 Å². The summed E-state index contributed by atoms with van der Waals surface area (Å²) in [6.07, 6.45) is 12.7. The summed E-state index contributed by atoms with van der Waals surface area (Å²) in [5, 5.41) is 3.80. The van der Waals surface area contributed by atoms with Crippen LogP contribution >= 0.6 is 15.9 Å². The van der Waals surface area contributed by atoms with Crippen molar-refractivity contribution in [3.63, 3.8) is 0 Å². The van der Waals surface area contributed by atoms with Crippen LogP contribution in [0.5, 0.6) is 0 Å². The summed E-state index contributed by atoms with van der Waals surface area (Å²) >= 11 is 3.62. The molecule has 2 aliphatic carbocycles. The van der Waals surface area contributed by atoms with Gasteiger partial charge in [-0.3, -0.25) is 0 Å². The van der Waals surface area contributed by atoms with Gasteiger partial charge in [0, 0.05) is 10.5 Å². The van der Waals surface area contributed by atoms with E-state index in [-0.39, 0.29) is 0 Å². The first-order chi connectivity index (χ1) is 10.3. The van der Waals surface area contributed by atoms with Crippen molar-refractivity contribution in [1.29, 1.82) is 0 Å². The highest BCUT2D eigenvalue weighted by Gasteiger charge is 2.26. The number of rotatable bonds is 6. The maximum atomic E-state index is 3.80. The molecule has 0 aliphatic heterocycles. The minimum absolute atomic E-state index is 0.818. The van der Waals surface area contributed by atoms with Gasteiger partial charge < -0.3 is 5.32 Å². The van der Waals surface area contributed by atoms with Crippen LogP contribution in [0.2, 0.25) is 0 Å². The highest BCUT2D eigenvalue weighted by atomic mass is 79.9. The van der Waals surface area contributed by atoms with Gasteiger partial charge in [-0.15, -0.1) is 0 Å². The molecule has 1 N–H and O–H groups in total. The van der Waals surface area contributed by atoms with E-state index in [2.05, 4.69) is 45.5 Å². The average Bonchev–Trinajstić information content (AvgIpc) is 3.30. The maximum absolute atomic E-state index is 3.80. The van der Waals surface area contributed by atoms with Crippen LogP contribution in [0.25, 0.3) is 0 Å². The fourth-order valence-corrected chi connectivity index (χ4v) is 4.21. The van der Waals surface area contributed by atoms with Crippen molar-refractivity contribution in [2.45, 2.75) is 63.8 Å². The fourth-order valence-electron chi connectivity index (χ4n) is 3.76. The monoisotopic (exact) mass is 349 g/mol. The summed E-state index contributed by atoms with van der Waals surface area (Å²) in [5.74, 6) is 1.75. The Hall–Kier alpha value is -0.340. The standard InChI is InChI=1S/C19H28BrN/c20-18-9-5-6-15(13-18)12-17(14-21-19-10-11-19)16-7-3-1-2-4-8-16/h5-6,9,13,16-17,19,21H,1-4,7-8,10-12,14H2. The fraction of sp³-hybridized carbons (Fsp3) is 0.684. The second-order valence-corrected chi connectivity index (χ2v) is 7.94. The third-order valence-electron chi connectivity index (χ3n) is 5.20. The lowest BCUT2D eigenvalue weighted by molar-refractivity contribution is 0.284. The number of hydrogen-bond acceptors (Lipinski definition) is 1. The van der Waals surface area contributed by atoms with Gasteiger partial charge in [-0.2, -0.15) is 0 Å². The SMILES string of the molecule is Brc1cccc(CC(CNC2CC2)C2CCCCCC2)c1. The van der Waals surface area contributed by atoms with Crippen LogP contribution in [0, 0.1) is 11.8 Å². The van der Waals surface area contributed by atoms with Crippen LogP contribution in [0.4, 0.5) is 0 Å². The van der Waals surface area contributed by atoms with Crippen LogP contribution in [0.15, 0.2) is 28.7 Å². The van der Waals surface area contributed by atoms with Gasteiger partial charge in [0.15, 0.2) is 0 Å². The lowest BCUT2D eigenvalue weighted by atomic mass is 9.82. The highest BCUT2D eigenvalue weighted by Crippen LogP contribution is 2.32. The third-order valence-corrected chi connectivity index (χ3v) is 5.69. The van der Waals surface area contributed by atoms with Gasteiger partial charge in [0.1, 0.15) is 0 Å². The van der Waals surface area contributed by atoms with Crippen LogP contribution in [0.3, 0.4) is 0 Å². The van der Waals surface area contributed by atoms with Gasteiger partial charge in [0.2, 0.25) is 0 Å². The largest absolute Gasteiger partial charge is 0.314 e. The molecule has 116 valence electrons. The van der Waals surface area contributed by atoms with Crippen LogP contribution in [0.1, 0.15) is 56.9 Å². The van der Waals surface area contributed by atoms with Crippen molar-refractivity contribution in [3.8, 4) is 0 Å². The minimum atomic E-state index is 0.818. The molecular weight excluding hydrogens is 322 g/mol. The molecule has 1 atom stereocenters. The van der Waals surface area contributed by atoms with E-state index in [4.69, 9.17) is 0 Å². The molecular formula is C19H28BrN. The molecule has 2 fully saturated rings. The Bertz CT molecular complexity index is 433. The van der Waals surface area contributed by atoms with Gasteiger partial charge in [0.05, 0.1) is 0 Å². The number of halogens is 1. The van der Waals surface area contributed by atoms with Crippen LogP contribution in [-0.4, -0.2) is 12.6 Å². The molecule has 0 spiro atoms. The third kappa shape index (κ3) is 5.10. The smallest absolute Gasteiger partial charge is 0.0177 e. The molecule has 2 saturated carbocycles. The van der Waals surface area contributed by atoms with E-state index in [1.165, 1.54) is 74.4 Å². The second kappa shape index (κ2) is 7.78. The normalized spacial score (nSPS) is 22.0. The number of hydrogen-bond donors (Lipinski definition) is 1. The van der Waals surface area contributed by atoms with Crippen molar-refractivity contribution in [2.24, 2.45) is 11.8 Å². The molecule has 1 nitrogen and oxygen atoms in total. The van der Waals surface area contributed by atoms with E-state index in [0.717, 1.165) is 17.9 Å². The molecule has 21 heavy (non-hydrogen) atoms. The molecule has 0 heterocycles.